The molecule has 0 radical (unpaired) electrons. The molecule has 1 rings (SSSR count). The van der Waals surface area contributed by atoms with Gasteiger partial charge in [0.2, 0.25) is 0 Å². The van der Waals surface area contributed by atoms with Crippen molar-refractivity contribution in [3.63, 3.8) is 0 Å². The van der Waals surface area contributed by atoms with Crippen LogP contribution in [0.5, 0.6) is 0 Å². The summed E-state index contributed by atoms with van der Waals surface area (Å²) in [5, 5.41) is 9.70. The molecule has 3 nitrogen and oxygen atoms in total. The van der Waals surface area contributed by atoms with E-state index in [4.69, 9.17) is 0 Å². The molecular formula is C11H18N2O. The summed E-state index contributed by atoms with van der Waals surface area (Å²) in [5.41, 5.74) is 0.922. The second-order valence-electron chi connectivity index (χ2n) is 4.08. The minimum atomic E-state index is -0.288. The van der Waals surface area contributed by atoms with Crippen LogP contribution in [-0.4, -0.2) is 21.2 Å². The van der Waals surface area contributed by atoms with Crippen LogP contribution in [0.4, 0.5) is 0 Å². The molecule has 0 aliphatic rings. The summed E-state index contributed by atoms with van der Waals surface area (Å²) < 4.78 is 0. The molecule has 78 valence electrons. The molecular weight excluding hydrogens is 176 g/mol. The second kappa shape index (κ2) is 5.05. The molecule has 1 heterocycles. The smallest absolute Gasteiger partial charge is 0.125 e. The van der Waals surface area contributed by atoms with E-state index in [0.29, 0.717) is 12.3 Å². The van der Waals surface area contributed by atoms with Gasteiger partial charge in [-0.05, 0) is 25.3 Å². The van der Waals surface area contributed by atoms with Crippen LogP contribution in [0.3, 0.4) is 0 Å². The lowest BCUT2D eigenvalue weighted by atomic mass is 10.0. The summed E-state index contributed by atoms with van der Waals surface area (Å²) in [7, 11) is 0. The van der Waals surface area contributed by atoms with E-state index in [2.05, 4.69) is 23.8 Å². The third-order valence-corrected chi connectivity index (χ3v) is 2.02. The van der Waals surface area contributed by atoms with Gasteiger partial charge in [-0.25, -0.2) is 9.97 Å². The van der Waals surface area contributed by atoms with E-state index >= 15 is 0 Å². The van der Waals surface area contributed by atoms with Gasteiger partial charge in [0.05, 0.1) is 6.10 Å². The van der Waals surface area contributed by atoms with E-state index in [1.807, 2.05) is 13.0 Å². The molecule has 0 saturated heterocycles. The highest BCUT2D eigenvalue weighted by Gasteiger charge is 2.08. The van der Waals surface area contributed by atoms with E-state index in [0.717, 1.165) is 17.9 Å². The van der Waals surface area contributed by atoms with E-state index in [-0.39, 0.29) is 6.10 Å². The summed E-state index contributed by atoms with van der Waals surface area (Å²) in [6.45, 7) is 6.07. The summed E-state index contributed by atoms with van der Waals surface area (Å²) in [6.07, 6.45) is 2.90. The Morgan fingerprint density at radius 3 is 2.71 bits per heavy atom. The summed E-state index contributed by atoms with van der Waals surface area (Å²) in [4.78, 5) is 8.26. The number of aryl methyl sites for hydroxylation is 1. The van der Waals surface area contributed by atoms with Crippen molar-refractivity contribution in [3.05, 3.63) is 23.8 Å². The highest BCUT2D eigenvalue weighted by Crippen LogP contribution is 2.09. The highest BCUT2D eigenvalue weighted by molar-refractivity contribution is 5.02. The third kappa shape index (κ3) is 3.83. The SMILES string of the molecule is Cc1nccc(CC(O)CC(C)C)n1. The average molecular weight is 194 g/mol. The van der Waals surface area contributed by atoms with Gasteiger partial charge >= 0.3 is 0 Å². The standard InChI is InChI=1S/C11H18N2O/c1-8(2)6-11(14)7-10-4-5-12-9(3)13-10/h4-5,8,11,14H,6-7H2,1-3H3. The van der Waals surface area contributed by atoms with Crippen LogP contribution in [0, 0.1) is 12.8 Å². The highest BCUT2D eigenvalue weighted by atomic mass is 16.3. The van der Waals surface area contributed by atoms with Gasteiger partial charge in [-0.2, -0.15) is 0 Å². The van der Waals surface area contributed by atoms with Gasteiger partial charge in [0.15, 0.2) is 0 Å². The Bertz CT molecular complexity index is 286. The molecule has 0 spiro atoms. The van der Waals surface area contributed by atoms with Crippen LogP contribution >= 0.6 is 0 Å². The topological polar surface area (TPSA) is 46.0 Å². The molecule has 1 N–H and O–H groups in total. The Morgan fingerprint density at radius 1 is 1.43 bits per heavy atom. The van der Waals surface area contributed by atoms with Gasteiger partial charge in [-0.1, -0.05) is 13.8 Å². The summed E-state index contributed by atoms with van der Waals surface area (Å²) in [5.74, 6) is 1.28. The van der Waals surface area contributed by atoms with E-state index in [9.17, 15) is 5.11 Å². The Morgan fingerprint density at radius 2 is 2.14 bits per heavy atom. The van der Waals surface area contributed by atoms with Crippen LogP contribution in [0.15, 0.2) is 12.3 Å². The van der Waals surface area contributed by atoms with Crippen molar-refractivity contribution < 1.29 is 5.11 Å². The molecule has 14 heavy (non-hydrogen) atoms. The first-order chi connectivity index (χ1) is 6.58. The maximum absolute atomic E-state index is 9.70. The van der Waals surface area contributed by atoms with Crippen molar-refractivity contribution in [1.82, 2.24) is 9.97 Å². The Kier molecular flexibility index (Phi) is 4.01. The molecule has 0 aliphatic heterocycles. The van der Waals surface area contributed by atoms with Gasteiger partial charge in [-0.15, -0.1) is 0 Å². The van der Waals surface area contributed by atoms with Crippen molar-refractivity contribution in [2.24, 2.45) is 5.92 Å². The zero-order valence-corrected chi connectivity index (χ0v) is 9.07. The van der Waals surface area contributed by atoms with Crippen molar-refractivity contribution >= 4 is 0 Å². The van der Waals surface area contributed by atoms with Crippen LogP contribution in [0.1, 0.15) is 31.8 Å². The monoisotopic (exact) mass is 194 g/mol. The summed E-state index contributed by atoms with van der Waals surface area (Å²) >= 11 is 0. The number of nitrogens with zero attached hydrogens (tertiary/aromatic N) is 2. The predicted molar refractivity (Wildman–Crippen MR) is 55.9 cm³/mol. The number of aliphatic hydroxyl groups excluding tert-OH is 1. The number of aliphatic hydroxyl groups is 1. The van der Waals surface area contributed by atoms with E-state index < -0.39 is 0 Å². The first-order valence-electron chi connectivity index (χ1n) is 5.04. The minimum absolute atomic E-state index is 0.288. The van der Waals surface area contributed by atoms with Crippen molar-refractivity contribution in [3.8, 4) is 0 Å². The molecule has 1 aromatic heterocycles. The average Bonchev–Trinajstić information content (AvgIpc) is 2.01. The van der Waals surface area contributed by atoms with Crippen LogP contribution in [-0.2, 0) is 6.42 Å². The lowest BCUT2D eigenvalue weighted by Crippen LogP contribution is -2.14. The molecule has 0 aromatic carbocycles. The fraction of sp³-hybridized carbons (Fsp3) is 0.636. The quantitative estimate of drug-likeness (QED) is 0.794. The van der Waals surface area contributed by atoms with Gasteiger partial charge in [0.25, 0.3) is 0 Å². The van der Waals surface area contributed by atoms with E-state index in [1.165, 1.54) is 0 Å². The number of aromatic nitrogens is 2. The number of hydrogen-bond acceptors (Lipinski definition) is 3. The number of rotatable bonds is 4. The fourth-order valence-corrected chi connectivity index (χ4v) is 1.49. The van der Waals surface area contributed by atoms with Crippen molar-refractivity contribution in [2.75, 3.05) is 0 Å². The zero-order chi connectivity index (χ0) is 10.6. The normalized spacial score (nSPS) is 13.2. The molecule has 0 saturated carbocycles. The second-order valence-corrected chi connectivity index (χ2v) is 4.08. The van der Waals surface area contributed by atoms with Gasteiger partial charge < -0.3 is 5.11 Å². The molecule has 3 heteroatoms. The van der Waals surface area contributed by atoms with Crippen LogP contribution in [0.2, 0.25) is 0 Å². The van der Waals surface area contributed by atoms with Gasteiger partial charge in [-0.3, -0.25) is 0 Å². The maximum Gasteiger partial charge on any atom is 0.125 e. The Balaban J connectivity index is 2.51. The van der Waals surface area contributed by atoms with Gasteiger partial charge in [0.1, 0.15) is 5.82 Å². The lowest BCUT2D eigenvalue weighted by Gasteiger charge is -2.12. The zero-order valence-electron chi connectivity index (χ0n) is 9.07. The van der Waals surface area contributed by atoms with Crippen LogP contribution in [0.25, 0.3) is 0 Å². The minimum Gasteiger partial charge on any atom is -0.393 e. The van der Waals surface area contributed by atoms with E-state index in [1.54, 1.807) is 6.20 Å². The predicted octanol–water partition coefficient (Wildman–Crippen LogP) is 1.73. The molecule has 1 unspecified atom stereocenters. The van der Waals surface area contributed by atoms with Crippen LogP contribution < -0.4 is 0 Å². The molecule has 0 fully saturated rings. The molecule has 1 atom stereocenters. The first kappa shape index (κ1) is 11.1. The largest absolute Gasteiger partial charge is 0.393 e. The maximum atomic E-state index is 9.70. The Hall–Kier alpha value is -0.960. The molecule has 0 bridgehead atoms. The van der Waals surface area contributed by atoms with Gasteiger partial charge in [0, 0.05) is 18.3 Å². The Labute approximate surface area is 85.2 Å². The first-order valence-corrected chi connectivity index (χ1v) is 5.04. The summed E-state index contributed by atoms with van der Waals surface area (Å²) in [6, 6.07) is 1.86. The van der Waals surface area contributed by atoms with Crippen molar-refractivity contribution in [2.45, 2.75) is 39.7 Å². The van der Waals surface area contributed by atoms with Crippen molar-refractivity contribution in [1.29, 1.82) is 0 Å². The number of hydrogen-bond donors (Lipinski definition) is 1. The molecule has 0 amide bonds. The molecule has 0 aliphatic carbocycles. The molecule has 1 aromatic rings. The lowest BCUT2D eigenvalue weighted by molar-refractivity contribution is 0.148. The fourth-order valence-electron chi connectivity index (χ4n) is 1.49. The third-order valence-electron chi connectivity index (χ3n) is 2.02.